The third-order valence-electron chi connectivity index (χ3n) is 3.76. The average molecular weight is 272 g/mol. The molecule has 2 heterocycles. The van der Waals surface area contributed by atoms with Crippen LogP contribution in [0, 0.1) is 5.41 Å². The van der Waals surface area contributed by atoms with Crippen LogP contribution in [0.4, 0.5) is 0 Å². The Morgan fingerprint density at radius 1 is 1.59 bits per heavy atom. The predicted octanol–water partition coefficient (Wildman–Crippen LogP) is 3.41. The topological polar surface area (TPSA) is 21.3 Å². The minimum atomic E-state index is 0.345. The molecule has 17 heavy (non-hydrogen) atoms. The minimum absolute atomic E-state index is 0.345. The van der Waals surface area contributed by atoms with Crippen LogP contribution in [-0.2, 0) is 11.2 Å². The second kappa shape index (κ2) is 4.54. The summed E-state index contributed by atoms with van der Waals surface area (Å²) in [5.41, 5.74) is 1.78. The van der Waals surface area contributed by atoms with Gasteiger partial charge in [0.1, 0.15) is 0 Å². The largest absolute Gasteiger partial charge is 0.380 e. The van der Waals surface area contributed by atoms with Crippen LogP contribution >= 0.6 is 22.9 Å². The summed E-state index contributed by atoms with van der Waals surface area (Å²) in [7, 11) is 0. The van der Waals surface area contributed by atoms with Crippen molar-refractivity contribution in [3.05, 3.63) is 20.8 Å². The van der Waals surface area contributed by atoms with E-state index in [2.05, 4.69) is 18.3 Å². The zero-order valence-corrected chi connectivity index (χ0v) is 11.7. The first-order chi connectivity index (χ1) is 8.16. The molecule has 3 rings (SSSR count). The first kappa shape index (κ1) is 12.0. The van der Waals surface area contributed by atoms with Gasteiger partial charge in [-0.25, -0.2) is 0 Å². The number of thiophene rings is 1. The summed E-state index contributed by atoms with van der Waals surface area (Å²) in [6.07, 6.45) is 3.71. The molecule has 1 atom stereocenters. The van der Waals surface area contributed by atoms with Gasteiger partial charge in [-0.3, -0.25) is 0 Å². The van der Waals surface area contributed by atoms with E-state index in [4.69, 9.17) is 16.3 Å². The summed E-state index contributed by atoms with van der Waals surface area (Å²) in [6.45, 7) is 5.12. The molecule has 1 aromatic rings. The Morgan fingerprint density at radius 2 is 2.41 bits per heavy atom. The van der Waals surface area contributed by atoms with Crippen LogP contribution in [0.3, 0.4) is 0 Å². The van der Waals surface area contributed by atoms with Gasteiger partial charge in [0.05, 0.1) is 17.6 Å². The van der Waals surface area contributed by atoms with E-state index in [1.165, 1.54) is 29.7 Å². The molecule has 2 aliphatic rings. The summed E-state index contributed by atoms with van der Waals surface area (Å²) in [5, 5.41) is 3.70. The van der Waals surface area contributed by atoms with E-state index >= 15 is 0 Å². The Morgan fingerprint density at radius 3 is 3.12 bits per heavy atom. The summed E-state index contributed by atoms with van der Waals surface area (Å²) < 4.78 is 6.22. The van der Waals surface area contributed by atoms with Crippen molar-refractivity contribution in [2.45, 2.75) is 32.2 Å². The molecule has 94 valence electrons. The second-order valence-corrected chi connectivity index (χ2v) is 7.33. The van der Waals surface area contributed by atoms with Crippen LogP contribution in [0.1, 0.15) is 36.2 Å². The van der Waals surface area contributed by atoms with Gasteiger partial charge in [0, 0.05) is 22.9 Å². The third-order valence-corrected chi connectivity index (χ3v) is 5.10. The van der Waals surface area contributed by atoms with Gasteiger partial charge < -0.3 is 10.1 Å². The number of hydrogen-bond acceptors (Lipinski definition) is 3. The Balaban J connectivity index is 1.68. The van der Waals surface area contributed by atoms with Gasteiger partial charge in [-0.15, -0.1) is 11.3 Å². The summed E-state index contributed by atoms with van der Waals surface area (Å²) in [4.78, 5) is 1.48. The molecule has 1 fully saturated rings. The van der Waals surface area contributed by atoms with Crippen molar-refractivity contribution in [2.75, 3.05) is 19.8 Å². The van der Waals surface area contributed by atoms with Gasteiger partial charge in [-0.2, -0.15) is 0 Å². The van der Waals surface area contributed by atoms with E-state index < -0.39 is 0 Å². The quantitative estimate of drug-likeness (QED) is 0.910. The molecular weight excluding hydrogens is 254 g/mol. The van der Waals surface area contributed by atoms with Gasteiger partial charge in [0.25, 0.3) is 0 Å². The highest BCUT2D eigenvalue weighted by Crippen LogP contribution is 2.38. The predicted molar refractivity (Wildman–Crippen MR) is 71.9 cm³/mol. The number of nitrogens with one attached hydrogen (secondary N) is 1. The number of aryl methyl sites for hydroxylation is 1. The summed E-state index contributed by atoms with van der Waals surface area (Å²) in [6, 6.07) is 2.65. The van der Waals surface area contributed by atoms with Crippen LogP contribution in [0.2, 0.25) is 4.34 Å². The lowest BCUT2D eigenvalue weighted by molar-refractivity contribution is -0.100. The SMILES string of the molecule is CC1(CNC2CCCc3sc(Cl)cc32)COC1. The van der Waals surface area contributed by atoms with Gasteiger partial charge in [0.2, 0.25) is 0 Å². The number of fused-ring (bicyclic) bond motifs is 1. The molecule has 0 spiro atoms. The van der Waals surface area contributed by atoms with Crippen molar-refractivity contribution in [1.82, 2.24) is 5.32 Å². The fraction of sp³-hybridized carbons (Fsp3) is 0.692. The third kappa shape index (κ3) is 2.39. The second-order valence-electron chi connectivity index (χ2n) is 5.56. The number of rotatable bonds is 3. The first-order valence-electron chi connectivity index (χ1n) is 6.26. The number of hydrogen-bond donors (Lipinski definition) is 1. The molecule has 0 aromatic carbocycles. The highest BCUT2D eigenvalue weighted by molar-refractivity contribution is 7.16. The molecule has 1 aromatic heterocycles. The molecule has 2 nitrogen and oxygen atoms in total. The Hall–Kier alpha value is -0.0900. The molecule has 0 bridgehead atoms. The normalized spacial score (nSPS) is 26.4. The molecule has 0 radical (unpaired) electrons. The number of ether oxygens (including phenoxy) is 1. The fourth-order valence-electron chi connectivity index (χ4n) is 2.66. The Kier molecular flexibility index (Phi) is 3.20. The number of halogens is 1. The van der Waals surface area contributed by atoms with E-state index in [0.29, 0.717) is 11.5 Å². The maximum atomic E-state index is 6.12. The standard InChI is InChI=1S/C13H18ClNOS/c1-13(7-16-8-13)6-15-10-3-2-4-11-9(10)5-12(14)17-11/h5,10,15H,2-4,6-8H2,1H3. The van der Waals surface area contributed by atoms with Crippen LogP contribution < -0.4 is 5.32 Å². The van der Waals surface area contributed by atoms with Crippen molar-refractivity contribution >= 4 is 22.9 Å². The van der Waals surface area contributed by atoms with Crippen molar-refractivity contribution in [2.24, 2.45) is 5.41 Å². The lowest BCUT2D eigenvalue weighted by Crippen LogP contribution is -2.48. The van der Waals surface area contributed by atoms with Crippen molar-refractivity contribution in [1.29, 1.82) is 0 Å². The molecule has 1 unspecified atom stereocenters. The average Bonchev–Trinajstić information content (AvgIpc) is 2.64. The lowest BCUT2D eigenvalue weighted by Gasteiger charge is -2.39. The molecule has 1 aliphatic carbocycles. The lowest BCUT2D eigenvalue weighted by atomic mass is 9.87. The van der Waals surface area contributed by atoms with Crippen molar-refractivity contribution < 1.29 is 4.74 Å². The van der Waals surface area contributed by atoms with E-state index in [0.717, 1.165) is 24.1 Å². The molecule has 0 saturated carbocycles. The summed E-state index contributed by atoms with van der Waals surface area (Å²) in [5.74, 6) is 0. The van der Waals surface area contributed by atoms with E-state index in [9.17, 15) is 0 Å². The Labute approximate surface area is 111 Å². The van der Waals surface area contributed by atoms with Gasteiger partial charge in [0.15, 0.2) is 0 Å². The zero-order chi connectivity index (χ0) is 11.9. The highest BCUT2D eigenvalue weighted by Gasteiger charge is 2.34. The van der Waals surface area contributed by atoms with Gasteiger partial charge in [-0.05, 0) is 30.9 Å². The van der Waals surface area contributed by atoms with Crippen molar-refractivity contribution in [3.63, 3.8) is 0 Å². The van der Waals surface area contributed by atoms with E-state index in [-0.39, 0.29) is 0 Å². The van der Waals surface area contributed by atoms with Crippen LogP contribution in [-0.4, -0.2) is 19.8 Å². The van der Waals surface area contributed by atoms with Crippen molar-refractivity contribution in [3.8, 4) is 0 Å². The molecule has 0 amide bonds. The van der Waals surface area contributed by atoms with Gasteiger partial charge in [-0.1, -0.05) is 18.5 Å². The summed E-state index contributed by atoms with van der Waals surface area (Å²) >= 11 is 7.86. The van der Waals surface area contributed by atoms with E-state index in [1.807, 2.05) is 0 Å². The molecule has 1 saturated heterocycles. The van der Waals surface area contributed by atoms with Crippen LogP contribution in [0.5, 0.6) is 0 Å². The van der Waals surface area contributed by atoms with Gasteiger partial charge >= 0.3 is 0 Å². The first-order valence-corrected chi connectivity index (χ1v) is 7.45. The highest BCUT2D eigenvalue weighted by atomic mass is 35.5. The Bertz CT molecular complexity index is 414. The minimum Gasteiger partial charge on any atom is -0.380 e. The zero-order valence-electron chi connectivity index (χ0n) is 10.1. The maximum Gasteiger partial charge on any atom is 0.0934 e. The molecule has 4 heteroatoms. The maximum absolute atomic E-state index is 6.12. The molecular formula is C13H18ClNOS. The van der Waals surface area contributed by atoms with Crippen LogP contribution in [0.25, 0.3) is 0 Å². The van der Waals surface area contributed by atoms with E-state index in [1.54, 1.807) is 11.3 Å². The fourth-order valence-corrected chi connectivity index (χ4v) is 4.04. The van der Waals surface area contributed by atoms with Crippen LogP contribution in [0.15, 0.2) is 6.07 Å². The molecule has 1 N–H and O–H groups in total. The monoisotopic (exact) mass is 271 g/mol. The smallest absolute Gasteiger partial charge is 0.0934 e. The molecule has 1 aliphatic heterocycles.